The van der Waals surface area contributed by atoms with Gasteiger partial charge in [0.1, 0.15) is 10.7 Å². The van der Waals surface area contributed by atoms with Crippen molar-refractivity contribution in [2.24, 2.45) is 0 Å². The van der Waals surface area contributed by atoms with Gasteiger partial charge in [-0.15, -0.1) is 0 Å². The number of nitrogen functional groups attached to an aromatic ring is 1. The summed E-state index contributed by atoms with van der Waals surface area (Å²) in [5, 5.41) is -0.0684. The molecule has 6 nitrogen and oxygen atoms in total. The molecule has 3 N–H and O–H groups in total. The van der Waals surface area contributed by atoms with Crippen LogP contribution in [0.2, 0.25) is 5.02 Å². The maximum absolute atomic E-state index is 11.4. The lowest BCUT2D eigenvalue weighted by Crippen LogP contribution is -2.19. The van der Waals surface area contributed by atoms with E-state index in [1.807, 2.05) is 0 Å². The molecule has 0 amide bonds. The largest absolute Gasteiger partial charge is 0.369 e. The van der Waals surface area contributed by atoms with Crippen LogP contribution in [0.25, 0.3) is 0 Å². The Morgan fingerprint density at radius 1 is 1.44 bits per heavy atom. The lowest BCUT2D eigenvalue weighted by atomic mass is 10.4. The topological polar surface area (TPSA) is 90.2 Å². The molecule has 0 atom stereocenters. The molecule has 1 aromatic rings. The van der Waals surface area contributed by atoms with E-state index in [0.29, 0.717) is 13.2 Å². The summed E-state index contributed by atoms with van der Waals surface area (Å²) < 4.78 is 10.6. The molecular weight excluding hydrogens is 234 g/mol. The van der Waals surface area contributed by atoms with Crippen LogP contribution in [0, 0.1) is 0 Å². The predicted octanol–water partition coefficient (Wildman–Crippen LogP) is 1.08. The second-order valence-electron chi connectivity index (χ2n) is 2.89. The van der Waals surface area contributed by atoms with Gasteiger partial charge in [-0.25, -0.2) is 4.98 Å². The van der Waals surface area contributed by atoms with E-state index < -0.39 is 11.8 Å². The monoisotopic (exact) mass is 247 g/mol. The average Bonchev–Trinajstić information content (AvgIpc) is 2.23. The van der Waals surface area contributed by atoms with E-state index in [9.17, 15) is 4.79 Å². The van der Waals surface area contributed by atoms with Gasteiger partial charge in [-0.1, -0.05) is 11.6 Å². The minimum absolute atomic E-state index is 0.0196. The quantitative estimate of drug-likeness (QED) is 0.760. The number of nitrogens with zero attached hydrogens (tertiary/aromatic N) is 1. The number of halogens is 1. The van der Waals surface area contributed by atoms with E-state index in [1.54, 1.807) is 13.8 Å². The smallest absolute Gasteiger partial charge is 0.271 e. The third-order valence-electron chi connectivity index (χ3n) is 1.77. The zero-order valence-corrected chi connectivity index (χ0v) is 9.87. The van der Waals surface area contributed by atoms with Crippen molar-refractivity contribution in [1.29, 1.82) is 0 Å². The van der Waals surface area contributed by atoms with E-state index in [2.05, 4.69) is 9.97 Å². The molecule has 16 heavy (non-hydrogen) atoms. The number of hydrogen-bond donors (Lipinski definition) is 2. The highest BCUT2D eigenvalue weighted by molar-refractivity contribution is 6.31. The highest BCUT2D eigenvalue weighted by Gasteiger charge is 2.19. The van der Waals surface area contributed by atoms with Crippen LogP contribution in [0.5, 0.6) is 0 Å². The van der Waals surface area contributed by atoms with Crippen molar-refractivity contribution in [3.63, 3.8) is 0 Å². The van der Waals surface area contributed by atoms with Crippen molar-refractivity contribution in [3.8, 4) is 0 Å². The van der Waals surface area contributed by atoms with Crippen LogP contribution in [0.3, 0.4) is 0 Å². The van der Waals surface area contributed by atoms with Gasteiger partial charge in [-0.3, -0.25) is 9.78 Å². The maximum atomic E-state index is 11.4. The molecule has 0 aliphatic rings. The molecule has 0 unspecified atom stereocenters. The molecule has 0 saturated carbocycles. The molecule has 1 heterocycles. The molecule has 1 rings (SSSR count). The molecule has 0 radical (unpaired) electrons. The van der Waals surface area contributed by atoms with Gasteiger partial charge in [-0.05, 0) is 13.8 Å². The van der Waals surface area contributed by atoms with Crippen LogP contribution in [-0.2, 0) is 9.47 Å². The first-order valence-electron chi connectivity index (χ1n) is 4.88. The van der Waals surface area contributed by atoms with E-state index in [4.69, 9.17) is 26.8 Å². The van der Waals surface area contributed by atoms with Crippen LogP contribution >= 0.6 is 11.6 Å². The van der Waals surface area contributed by atoms with E-state index in [0.717, 1.165) is 0 Å². The fourth-order valence-electron chi connectivity index (χ4n) is 1.16. The minimum atomic E-state index is -0.771. The fourth-order valence-corrected chi connectivity index (χ4v) is 1.34. The van der Waals surface area contributed by atoms with Gasteiger partial charge in [0, 0.05) is 13.2 Å². The maximum Gasteiger partial charge on any atom is 0.271 e. The van der Waals surface area contributed by atoms with Gasteiger partial charge >= 0.3 is 0 Å². The molecule has 0 saturated heterocycles. The Hall–Kier alpha value is -1.11. The lowest BCUT2D eigenvalue weighted by molar-refractivity contribution is -0.142. The molecular formula is C9H14ClN3O3. The molecule has 1 aromatic heterocycles. The summed E-state index contributed by atoms with van der Waals surface area (Å²) in [7, 11) is 0. The second kappa shape index (κ2) is 5.83. The molecule has 0 bridgehead atoms. The van der Waals surface area contributed by atoms with Crippen LogP contribution in [-0.4, -0.2) is 23.2 Å². The number of anilines is 1. The third kappa shape index (κ3) is 2.94. The standard InChI is InChI=1S/C9H14ClN3O3/c1-3-15-8(16-4-2)6-5(10)7(14)13-9(11)12-6/h8H,3-4H2,1-2H3,(H3,11,12,13,14). The first-order valence-corrected chi connectivity index (χ1v) is 5.26. The normalized spacial score (nSPS) is 11.0. The number of aromatic nitrogens is 2. The van der Waals surface area contributed by atoms with Crippen molar-refractivity contribution < 1.29 is 9.47 Å². The van der Waals surface area contributed by atoms with Crippen molar-refractivity contribution in [1.82, 2.24) is 9.97 Å². The zero-order chi connectivity index (χ0) is 12.1. The fraction of sp³-hybridized carbons (Fsp3) is 0.556. The van der Waals surface area contributed by atoms with Crippen LogP contribution in [0.4, 0.5) is 5.95 Å². The summed E-state index contributed by atoms with van der Waals surface area (Å²) in [5.41, 5.74) is 5.12. The number of aromatic amines is 1. The molecule has 7 heteroatoms. The van der Waals surface area contributed by atoms with Crippen molar-refractivity contribution in [2.45, 2.75) is 20.1 Å². The first kappa shape index (κ1) is 13.0. The van der Waals surface area contributed by atoms with E-state index >= 15 is 0 Å². The van der Waals surface area contributed by atoms with Crippen LogP contribution < -0.4 is 11.3 Å². The predicted molar refractivity (Wildman–Crippen MR) is 60.3 cm³/mol. The Labute approximate surface area is 97.7 Å². The average molecular weight is 248 g/mol. The second-order valence-corrected chi connectivity index (χ2v) is 3.27. The van der Waals surface area contributed by atoms with Crippen molar-refractivity contribution >= 4 is 17.5 Å². The Balaban J connectivity index is 3.12. The number of nitrogens with one attached hydrogen (secondary N) is 1. The summed E-state index contributed by atoms with van der Waals surface area (Å²) in [6, 6.07) is 0. The van der Waals surface area contributed by atoms with Crippen molar-refractivity contribution in [2.75, 3.05) is 18.9 Å². The first-order chi connectivity index (χ1) is 7.60. The summed E-state index contributed by atoms with van der Waals surface area (Å²) in [6.07, 6.45) is -0.771. The van der Waals surface area contributed by atoms with Gasteiger partial charge in [0.15, 0.2) is 0 Å². The molecule has 0 aromatic carbocycles. The summed E-state index contributed by atoms with van der Waals surface area (Å²) in [5.74, 6) is -0.0196. The number of hydrogen-bond acceptors (Lipinski definition) is 5. The molecule has 90 valence electrons. The number of rotatable bonds is 5. The van der Waals surface area contributed by atoms with Gasteiger partial charge in [0.05, 0.1) is 0 Å². The minimum Gasteiger partial charge on any atom is -0.369 e. The molecule has 0 aliphatic heterocycles. The lowest BCUT2D eigenvalue weighted by Gasteiger charge is -2.17. The van der Waals surface area contributed by atoms with Crippen molar-refractivity contribution in [3.05, 3.63) is 21.1 Å². The Morgan fingerprint density at radius 2 is 2.00 bits per heavy atom. The molecule has 0 aliphatic carbocycles. The summed E-state index contributed by atoms with van der Waals surface area (Å²) in [4.78, 5) is 17.6. The Kier molecular flexibility index (Phi) is 4.72. The van der Waals surface area contributed by atoms with Crippen LogP contribution in [0.15, 0.2) is 4.79 Å². The summed E-state index contributed by atoms with van der Waals surface area (Å²) >= 11 is 5.81. The SMILES string of the molecule is CCOC(OCC)c1nc(N)[nH]c(=O)c1Cl. The highest BCUT2D eigenvalue weighted by Crippen LogP contribution is 2.22. The number of nitrogens with two attached hydrogens (primary N) is 1. The number of ether oxygens (including phenoxy) is 2. The molecule has 0 fully saturated rings. The zero-order valence-electron chi connectivity index (χ0n) is 9.12. The van der Waals surface area contributed by atoms with E-state index in [1.165, 1.54) is 0 Å². The highest BCUT2D eigenvalue weighted by atomic mass is 35.5. The van der Waals surface area contributed by atoms with E-state index in [-0.39, 0.29) is 16.7 Å². The summed E-state index contributed by atoms with van der Waals surface area (Å²) in [6.45, 7) is 4.43. The van der Waals surface area contributed by atoms with Gasteiger partial charge in [0.2, 0.25) is 12.2 Å². The third-order valence-corrected chi connectivity index (χ3v) is 2.13. The number of H-pyrrole nitrogens is 1. The van der Waals surface area contributed by atoms with Gasteiger partial charge in [0.25, 0.3) is 5.56 Å². The van der Waals surface area contributed by atoms with Crippen LogP contribution in [0.1, 0.15) is 25.8 Å². The molecule has 0 spiro atoms. The Bertz CT molecular complexity index is 401. The van der Waals surface area contributed by atoms with Gasteiger partial charge < -0.3 is 15.2 Å². The van der Waals surface area contributed by atoms with Gasteiger partial charge in [-0.2, -0.15) is 0 Å². The Morgan fingerprint density at radius 3 is 2.50 bits per heavy atom.